The van der Waals surface area contributed by atoms with E-state index in [9.17, 15) is 9.59 Å². The van der Waals surface area contributed by atoms with Crippen molar-refractivity contribution in [2.75, 3.05) is 47.1 Å². The SMILES string of the molecule is COc1ccc(CCNC(=O)C(=O)N(CCO)CCO)cc1OC. The minimum atomic E-state index is -0.773. The molecule has 0 radical (unpaired) electrons. The molecule has 134 valence electrons. The van der Waals surface area contributed by atoms with Gasteiger partial charge in [0.1, 0.15) is 0 Å². The second kappa shape index (κ2) is 10.5. The Hall–Kier alpha value is -2.32. The average Bonchev–Trinajstić information content (AvgIpc) is 2.60. The van der Waals surface area contributed by atoms with E-state index < -0.39 is 11.8 Å². The highest BCUT2D eigenvalue weighted by Crippen LogP contribution is 2.27. The molecule has 8 nitrogen and oxygen atoms in total. The molecule has 1 aromatic carbocycles. The summed E-state index contributed by atoms with van der Waals surface area (Å²) in [6.07, 6.45) is 0.513. The van der Waals surface area contributed by atoms with Gasteiger partial charge in [-0.15, -0.1) is 0 Å². The lowest BCUT2D eigenvalue weighted by Crippen LogP contribution is -2.45. The molecule has 0 unspecified atom stereocenters. The smallest absolute Gasteiger partial charge is 0.312 e. The van der Waals surface area contributed by atoms with Crippen molar-refractivity contribution in [3.63, 3.8) is 0 Å². The number of hydrogen-bond acceptors (Lipinski definition) is 6. The highest BCUT2D eigenvalue weighted by atomic mass is 16.5. The van der Waals surface area contributed by atoms with Crippen LogP contribution in [0.4, 0.5) is 0 Å². The van der Waals surface area contributed by atoms with Gasteiger partial charge in [0.15, 0.2) is 11.5 Å². The molecule has 0 aliphatic carbocycles. The van der Waals surface area contributed by atoms with Crippen LogP contribution in [0.5, 0.6) is 11.5 Å². The molecule has 24 heavy (non-hydrogen) atoms. The Morgan fingerprint density at radius 3 is 2.25 bits per heavy atom. The lowest BCUT2D eigenvalue weighted by atomic mass is 10.1. The summed E-state index contributed by atoms with van der Waals surface area (Å²) in [4.78, 5) is 24.8. The minimum Gasteiger partial charge on any atom is -0.493 e. The molecule has 0 aliphatic rings. The van der Waals surface area contributed by atoms with E-state index in [-0.39, 0.29) is 32.8 Å². The van der Waals surface area contributed by atoms with E-state index in [4.69, 9.17) is 19.7 Å². The monoisotopic (exact) mass is 340 g/mol. The van der Waals surface area contributed by atoms with Crippen molar-refractivity contribution in [2.24, 2.45) is 0 Å². The summed E-state index contributed by atoms with van der Waals surface area (Å²) in [7, 11) is 3.09. The van der Waals surface area contributed by atoms with Gasteiger partial charge in [-0.1, -0.05) is 6.07 Å². The molecule has 0 atom stereocenters. The van der Waals surface area contributed by atoms with Crippen LogP contribution in [0.2, 0.25) is 0 Å². The van der Waals surface area contributed by atoms with E-state index >= 15 is 0 Å². The summed E-state index contributed by atoms with van der Waals surface area (Å²) >= 11 is 0. The van der Waals surface area contributed by atoms with E-state index in [0.717, 1.165) is 10.5 Å². The number of carbonyl (C=O) groups excluding carboxylic acids is 2. The molecule has 0 aliphatic heterocycles. The number of nitrogens with zero attached hydrogens (tertiary/aromatic N) is 1. The lowest BCUT2D eigenvalue weighted by Gasteiger charge is -2.19. The molecular weight excluding hydrogens is 316 g/mol. The Morgan fingerprint density at radius 1 is 1.08 bits per heavy atom. The zero-order chi connectivity index (χ0) is 17.9. The Morgan fingerprint density at radius 2 is 1.71 bits per heavy atom. The Bertz CT molecular complexity index is 543. The highest BCUT2D eigenvalue weighted by molar-refractivity contribution is 6.35. The molecule has 2 amide bonds. The maximum absolute atomic E-state index is 11.9. The van der Waals surface area contributed by atoms with Crippen LogP contribution in [0, 0.1) is 0 Å². The average molecular weight is 340 g/mol. The van der Waals surface area contributed by atoms with E-state index in [1.807, 2.05) is 6.07 Å². The first-order valence-corrected chi connectivity index (χ1v) is 7.57. The van der Waals surface area contributed by atoms with Crippen molar-refractivity contribution in [3.8, 4) is 11.5 Å². The van der Waals surface area contributed by atoms with Crippen molar-refractivity contribution >= 4 is 11.8 Å². The van der Waals surface area contributed by atoms with Crippen molar-refractivity contribution in [1.82, 2.24) is 10.2 Å². The summed E-state index contributed by atoms with van der Waals surface area (Å²) < 4.78 is 10.4. The Kier molecular flexibility index (Phi) is 8.59. The number of aliphatic hydroxyl groups is 2. The second-order valence-electron chi connectivity index (χ2n) is 4.93. The van der Waals surface area contributed by atoms with Gasteiger partial charge in [-0.3, -0.25) is 9.59 Å². The number of methoxy groups -OCH3 is 2. The molecule has 0 spiro atoms. The first kappa shape index (κ1) is 19.7. The highest BCUT2D eigenvalue weighted by Gasteiger charge is 2.20. The number of rotatable bonds is 9. The summed E-state index contributed by atoms with van der Waals surface area (Å²) in [6.45, 7) is -0.271. The molecule has 0 saturated carbocycles. The molecule has 3 N–H and O–H groups in total. The van der Waals surface area contributed by atoms with Gasteiger partial charge >= 0.3 is 11.8 Å². The number of carbonyl (C=O) groups is 2. The van der Waals surface area contributed by atoms with Gasteiger partial charge in [-0.25, -0.2) is 0 Å². The quantitative estimate of drug-likeness (QED) is 0.507. The van der Waals surface area contributed by atoms with Gasteiger partial charge in [-0.2, -0.15) is 0 Å². The zero-order valence-corrected chi connectivity index (χ0v) is 13.9. The van der Waals surface area contributed by atoms with Gasteiger partial charge in [0.25, 0.3) is 0 Å². The van der Waals surface area contributed by atoms with Crippen molar-refractivity contribution < 1.29 is 29.3 Å². The number of hydrogen-bond donors (Lipinski definition) is 3. The summed E-state index contributed by atoms with van der Waals surface area (Å²) in [5.41, 5.74) is 0.919. The van der Waals surface area contributed by atoms with Crippen LogP contribution < -0.4 is 14.8 Å². The lowest BCUT2D eigenvalue weighted by molar-refractivity contribution is -0.146. The summed E-state index contributed by atoms with van der Waals surface area (Å²) in [6, 6.07) is 5.42. The molecule has 1 rings (SSSR count). The molecule has 8 heteroatoms. The first-order chi connectivity index (χ1) is 11.6. The fourth-order valence-electron chi connectivity index (χ4n) is 2.13. The van der Waals surface area contributed by atoms with Crippen LogP contribution in [-0.2, 0) is 16.0 Å². The number of nitrogens with one attached hydrogen (secondary N) is 1. The maximum Gasteiger partial charge on any atom is 0.312 e. The van der Waals surface area contributed by atoms with Crippen molar-refractivity contribution in [3.05, 3.63) is 23.8 Å². The zero-order valence-electron chi connectivity index (χ0n) is 13.9. The maximum atomic E-state index is 11.9. The number of amides is 2. The Balaban J connectivity index is 2.54. The largest absolute Gasteiger partial charge is 0.493 e. The molecule has 0 bridgehead atoms. The fraction of sp³-hybridized carbons (Fsp3) is 0.500. The van der Waals surface area contributed by atoms with Crippen LogP contribution in [0.3, 0.4) is 0 Å². The standard InChI is InChI=1S/C16H24N2O6/c1-23-13-4-3-12(11-14(13)24-2)5-6-17-15(21)16(22)18(7-9-19)8-10-20/h3-4,11,19-20H,5-10H2,1-2H3,(H,17,21). The normalized spacial score (nSPS) is 10.2. The number of ether oxygens (including phenoxy) is 2. The van der Waals surface area contributed by atoms with E-state index in [2.05, 4.69) is 5.32 Å². The van der Waals surface area contributed by atoms with Gasteiger partial charge < -0.3 is 29.9 Å². The topological polar surface area (TPSA) is 108 Å². The van der Waals surface area contributed by atoms with Gasteiger partial charge in [-0.05, 0) is 24.1 Å². The van der Waals surface area contributed by atoms with E-state index in [0.29, 0.717) is 17.9 Å². The molecule has 0 fully saturated rings. The van der Waals surface area contributed by atoms with E-state index in [1.165, 1.54) is 0 Å². The van der Waals surface area contributed by atoms with Gasteiger partial charge in [0.2, 0.25) is 0 Å². The van der Waals surface area contributed by atoms with Crippen LogP contribution >= 0.6 is 0 Å². The molecule has 0 saturated heterocycles. The van der Waals surface area contributed by atoms with Crippen molar-refractivity contribution in [1.29, 1.82) is 0 Å². The molecule has 0 aromatic heterocycles. The fourth-order valence-corrected chi connectivity index (χ4v) is 2.13. The van der Waals surface area contributed by atoms with Crippen LogP contribution in [0.1, 0.15) is 5.56 Å². The number of aliphatic hydroxyl groups excluding tert-OH is 2. The Labute approximate surface area is 141 Å². The third-order valence-corrected chi connectivity index (χ3v) is 3.37. The van der Waals surface area contributed by atoms with Crippen LogP contribution in [0.15, 0.2) is 18.2 Å². The predicted molar refractivity (Wildman–Crippen MR) is 87.0 cm³/mol. The minimum absolute atomic E-state index is 0.00247. The second-order valence-corrected chi connectivity index (χ2v) is 4.93. The molecule has 0 heterocycles. The number of benzene rings is 1. The summed E-state index contributed by atoms with van der Waals surface area (Å²) in [5.74, 6) is -0.332. The van der Waals surface area contributed by atoms with E-state index in [1.54, 1.807) is 26.4 Å². The summed E-state index contributed by atoms with van der Waals surface area (Å²) in [5, 5.41) is 20.3. The third kappa shape index (κ3) is 5.71. The molecular formula is C16H24N2O6. The van der Waals surface area contributed by atoms with Crippen molar-refractivity contribution in [2.45, 2.75) is 6.42 Å². The first-order valence-electron chi connectivity index (χ1n) is 7.57. The van der Waals surface area contributed by atoms with Crippen LogP contribution in [-0.4, -0.2) is 74.0 Å². The predicted octanol–water partition coefficient (Wildman–Crippen LogP) is -0.824. The van der Waals surface area contributed by atoms with Crippen LogP contribution in [0.25, 0.3) is 0 Å². The molecule has 1 aromatic rings. The third-order valence-electron chi connectivity index (χ3n) is 3.37. The van der Waals surface area contributed by atoms with Gasteiger partial charge in [0.05, 0.1) is 27.4 Å². The van der Waals surface area contributed by atoms with Gasteiger partial charge in [0, 0.05) is 19.6 Å².